The number of hydrogen-bond donors (Lipinski definition) is 1. The first-order valence-corrected chi connectivity index (χ1v) is 6.82. The van der Waals surface area contributed by atoms with E-state index in [0.29, 0.717) is 39.4 Å². The molecule has 0 bridgehead atoms. The van der Waals surface area contributed by atoms with Gasteiger partial charge >= 0.3 is 0 Å². The van der Waals surface area contributed by atoms with E-state index in [9.17, 15) is 4.79 Å². The van der Waals surface area contributed by atoms with Crippen LogP contribution in [0.2, 0.25) is 5.02 Å². The van der Waals surface area contributed by atoms with E-state index in [1.807, 2.05) is 6.92 Å². The van der Waals surface area contributed by atoms with Crippen LogP contribution in [0.5, 0.6) is 11.5 Å². The molecule has 0 spiro atoms. The minimum atomic E-state index is -0.161. The van der Waals surface area contributed by atoms with E-state index in [2.05, 4.69) is 5.32 Å². The minimum Gasteiger partial charge on any atom is -0.454 e. The van der Waals surface area contributed by atoms with Crippen molar-refractivity contribution in [1.82, 2.24) is 10.2 Å². The molecular formula is C13H11ClN2O3S. The number of ether oxygens (including phenoxy) is 2. The van der Waals surface area contributed by atoms with Crippen molar-refractivity contribution in [3.8, 4) is 11.5 Å². The van der Waals surface area contributed by atoms with Crippen LogP contribution in [0.15, 0.2) is 17.8 Å². The maximum absolute atomic E-state index is 12.1. The highest BCUT2D eigenvalue weighted by Crippen LogP contribution is 2.37. The molecule has 1 saturated heterocycles. The van der Waals surface area contributed by atoms with Crippen LogP contribution in [0.4, 0.5) is 0 Å². The van der Waals surface area contributed by atoms with Gasteiger partial charge in [-0.2, -0.15) is 0 Å². The maximum atomic E-state index is 12.1. The van der Waals surface area contributed by atoms with E-state index in [0.717, 1.165) is 0 Å². The third-order valence-corrected chi connectivity index (χ3v) is 3.72. The summed E-state index contributed by atoms with van der Waals surface area (Å²) in [5, 5.41) is 3.77. The fourth-order valence-corrected chi connectivity index (χ4v) is 2.59. The fraction of sp³-hybridized carbons (Fsp3) is 0.231. The summed E-state index contributed by atoms with van der Waals surface area (Å²) in [4.78, 5) is 13.6. The highest BCUT2D eigenvalue weighted by Gasteiger charge is 2.29. The molecule has 1 N–H and O–H groups in total. The zero-order valence-corrected chi connectivity index (χ0v) is 12.2. The molecular weight excluding hydrogens is 300 g/mol. The van der Waals surface area contributed by atoms with Crippen LogP contribution in [-0.4, -0.2) is 29.3 Å². The largest absolute Gasteiger partial charge is 0.454 e. The first kappa shape index (κ1) is 13.2. The predicted octanol–water partition coefficient (Wildman–Crippen LogP) is 2.15. The van der Waals surface area contributed by atoms with Crippen LogP contribution < -0.4 is 14.8 Å². The van der Waals surface area contributed by atoms with Gasteiger partial charge in [0.15, 0.2) is 16.6 Å². The fourth-order valence-electron chi connectivity index (χ4n) is 2.06. The van der Waals surface area contributed by atoms with Gasteiger partial charge in [-0.15, -0.1) is 0 Å². The second-order valence-corrected chi connectivity index (χ2v) is 5.06. The third-order valence-electron chi connectivity index (χ3n) is 3.07. The molecule has 0 aromatic heterocycles. The number of carbonyl (C=O) groups excluding carboxylic acids is 1. The van der Waals surface area contributed by atoms with Crippen LogP contribution in [0, 0.1) is 0 Å². The molecule has 1 aromatic carbocycles. The summed E-state index contributed by atoms with van der Waals surface area (Å²) < 4.78 is 10.5. The van der Waals surface area contributed by atoms with Crippen molar-refractivity contribution in [3.63, 3.8) is 0 Å². The highest BCUT2D eigenvalue weighted by molar-refractivity contribution is 7.80. The Kier molecular flexibility index (Phi) is 3.27. The number of fused-ring (bicyclic) bond motifs is 1. The second-order valence-electron chi connectivity index (χ2n) is 4.26. The lowest BCUT2D eigenvalue weighted by molar-refractivity contribution is -0.122. The van der Waals surface area contributed by atoms with Gasteiger partial charge in [0, 0.05) is 12.6 Å². The average Bonchev–Trinajstić information content (AvgIpc) is 2.95. The Hall–Kier alpha value is -1.79. The van der Waals surface area contributed by atoms with Gasteiger partial charge in [0.05, 0.1) is 5.02 Å². The number of rotatable bonds is 2. The van der Waals surface area contributed by atoms with Gasteiger partial charge in [-0.25, -0.2) is 0 Å². The quantitative estimate of drug-likeness (QED) is 0.670. The Morgan fingerprint density at radius 1 is 1.45 bits per heavy atom. The SMILES string of the molecule is CCN1C(=O)/C(=C/c2cc3c(cc2Cl)OCO3)NC1=S. The van der Waals surface area contributed by atoms with Gasteiger partial charge in [0.1, 0.15) is 5.70 Å². The van der Waals surface area contributed by atoms with Gasteiger partial charge in [-0.3, -0.25) is 9.69 Å². The van der Waals surface area contributed by atoms with Crippen LogP contribution in [0.25, 0.3) is 6.08 Å². The van der Waals surface area contributed by atoms with E-state index >= 15 is 0 Å². The molecule has 1 amide bonds. The summed E-state index contributed by atoms with van der Waals surface area (Å²) in [5.74, 6) is 1.06. The number of likely N-dealkylation sites (N-methyl/N-ethyl adjacent to an activating group) is 1. The van der Waals surface area contributed by atoms with Crippen molar-refractivity contribution in [1.29, 1.82) is 0 Å². The van der Waals surface area contributed by atoms with Gasteiger partial charge < -0.3 is 14.8 Å². The predicted molar refractivity (Wildman–Crippen MR) is 78.7 cm³/mol. The minimum absolute atomic E-state index is 0.161. The van der Waals surface area contributed by atoms with Crippen molar-refractivity contribution < 1.29 is 14.3 Å². The third kappa shape index (κ3) is 2.10. The first-order valence-electron chi connectivity index (χ1n) is 6.04. The Morgan fingerprint density at radius 2 is 2.15 bits per heavy atom. The molecule has 0 saturated carbocycles. The average molecular weight is 311 g/mol. The molecule has 7 heteroatoms. The number of nitrogens with zero attached hydrogens (tertiary/aromatic N) is 1. The summed E-state index contributed by atoms with van der Waals surface area (Å²) in [6.45, 7) is 2.57. The Labute approximate surface area is 126 Å². The molecule has 3 rings (SSSR count). The van der Waals surface area contributed by atoms with Crippen molar-refractivity contribution >= 4 is 40.9 Å². The van der Waals surface area contributed by atoms with E-state index in [1.54, 1.807) is 18.2 Å². The van der Waals surface area contributed by atoms with Gasteiger partial charge in [-0.1, -0.05) is 11.6 Å². The summed E-state index contributed by atoms with van der Waals surface area (Å²) in [6, 6.07) is 3.41. The monoisotopic (exact) mass is 310 g/mol. The normalized spacial score (nSPS) is 18.9. The summed E-state index contributed by atoms with van der Waals surface area (Å²) in [5.41, 5.74) is 1.07. The van der Waals surface area contributed by atoms with Crippen molar-refractivity contribution in [3.05, 3.63) is 28.4 Å². The standard InChI is InChI=1S/C13H11ClN2O3S/c1-2-16-12(17)9(15-13(16)20)3-7-4-10-11(5-8(7)14)19-6-18-10/h3-5H,2,6H2,1H3,(H,15,20)/b9-3-. The number of benzene rings is 1. The zero-order valence-electron chi connectivity index (χ0n) is 10.6. The summed E-state index contributed by atoms with van der Waals surface area (Å²) in [7, 11) is 0. The first-order chi connectivity index (χ1) is 9.60. The Balaban J connectivity index is 1.97. The van der Waals surface area contributed by atoms with Crippen LogP contribution in [0.1, 0.15) is 12.5 Å². The zero-order chi connectivity index (χ0) is 14.3. The molecule has 2 aliphatic rings. The van der Waals surface area contributed by atoms with Crippen LogP contribution in [0.3, 0.4) is 0 Å². The second kappa shape index (κ2) is 4.96. The molecule has 1 fully saturated rings. The summed E-state index contributed by atoms with van der Waals surface area (Å²) in [6.07, 6.45) is 1.66. The molecule has 0 unspecified atom stereocenters. The van der Waals surface area contributed by atoms with Crippen LogP contribution in [-0.2, 0) is 4.79 Å². The topological polar surface area (TPSA) is 50.8 Å². The van der Waals surface area contributed by atoms with Gasteiger partial charge in [0.25, 0.3) is 5.91 Å². The number of hydrogen-bond acceptors (Lipinski definition) is 4. The number of halogens is 1. The van der Waals surface area contributed by atoms with Crippen molar-refractivity contribution in [2.24, 2.45) is 0 Å². The highest BCUT2D eigenvalue weighted by atomic mass is 35.5. The number of nitrogens with one attached hydrogen (secondary N) is 1. The van der Waals surface area contributed by atoms with Gasteiger partial charge in [0.2, 0.25) is 6.79 Å². The van der Waals surface area contributed by atoms with Crippen molar-refractivity contribution in [2.45, 2.75) is 6.92 Å². The molecule has 0 aliphatic carbocycles. The van der Waals surface area contributed by atoms with Crippen LogP contribution >= 0.6 is 23.8 Å². The lowest BCUT2D eigenvalue weighted by atomic mass is 10.1. The molecule has 104 valence electrons. The van der Waals surface area contributed by atoms with Gasteiger partial charge in [-0.05, 0) is 36.8 Å². The molecule has 20 heavy (non-hydrogen) atoms. The molecule has 5 nitrogen and oxygen atoms in total. The molecule has 2 heterocycles. The lowest BCUT2D eigenvalue weighted by Gasteiger charge is -2.08. The maximum Gasteiger partial charge on any atom is 0.276 e. The smallest absolute Gasteiger partial charge is 0.276 e. The number of carbonyl (C=O) groups is 1. The Morgan fingerprint density at radius 3 is 2.80 bits per heavy atom. The molecule has 1 aromatic rings. The summed E-state index contributed by atoms with van der Waals surface area (Å²) >= 11 is 11.3. The molecule has 0 radical (unpaired) electrons. The number of amides is 1. The van der Waals surface area contributed by atoms with E-state index in [1.165, 1.54) is 4.90 Å². The van der Waals surface area contributed by atoms with E-state index < -0.39 is 0 Å². The molecule has 2 aliphatic heterocycles. The molecule has 0 atom stereocenters. The van der Waals surface area contributed by atoms with E-state index in [-0.39, 0.29) is 12.7 Å². The van der Waals surface area contributed by atoms with E-state index in [4.69, 9.17) is 33.3 Å². The van der Waals surface area contributed by atoms with Crippen molar-refractivity contribution in [2.75, 3.05) is 13.3 Å². The lowest BCUT2D eigenvalue weighted by Crippen LogP contribution is -2.30. The number of thiocarbonyl (C=S) groups is 1. The Bertz CT molecular complexity index is 645.